The molecule has 0 bridgehead atoms. The van der Waals surface area contributed by atoms with Crippen molar-refractivity contribution < 1.29 is 5.11 Å². The van der Waals surface area contributed by atoms with E-state index in [-0.39, 0.29) is 0 Å². The van der Waals surface area contributed by atoms with E-state index in [4.69, 9.17) is 5.11 Å². The maximum Gasteiger partial charge on any atom is 0.0431 e. The highest BCUT2D eigenvalue weighted by molar-refractivity contribution is 4.62. The predicted molar refractivity (Wildman–Crippen MR) is 95.7 cm³/mol. The van der Waals surface area contributed by atoms with E-state index in [9.17, 15) is 0 Å². The van der Waals surface area contributed by atoms with Gasteiger partial charge in [0.1, 0.15) is 0 Å². The zero-order valence-corrected chi connectivity index (χ0v) is 15.4. The highest BCUT2D eigenvalue weighted by Crippen LogP contribution is 2.24. The predicted octanol–water partition coefficient (Wildman–Crippen LogP) is 6.59. The molecule has 0 aliphatic carbocycles. The number of hydrogen-bond donors (Lipinski definition) is 1. The molecule has 1 N–H and O–H groups in total. The van der Waals surface area contributed by atoms with Gasteiger partial charge in [-0.3, -0.25) is 0 Å². The van der Waals surface area contributed by atoms with Crippen LogP contribution in [0.5, 0.6) is 0 Å². The molecule has 0 spiro atoms. The first-order chi connectivity index (χ1) is 10.1. The molecular weight excluding hydrogens is 256 g/mol. The third-order valence-electron chi connectivity index (χ3n) is 4.56. The van der Waals surface area contributed by atoms with E-state index < -0.39 is 0 Å². The Morgan fingerprint density at radius 3 is 1.52 bits per heavy atom. The summed E-state index contributed by atoms with van der Waals surface area (Å²) in [6.45, 7) is 9.72. The Kier molecular flexibility index (Phi) is 14.9. The third-order valence-corrected chi connectivity index (χ3v) is 4.56. The smallest absolute Gasteiger partial charge is 0.0431 e. The molecule has 0 aliphatic rings. The Morgan fingerprint density at radius 1 is 0.524 bits per heavy atom. The normalized spacial score (nSPS) is 13.3. The highest BCUT2D eigenvalue weighted by atomic mass is 16.2. The van der Waals surface area contributed by atoms with Gasteiger partial charge in [0.2, 0.25) is 0 Å². The Hall–Kier alpha value is -0.0400. The molecule has 0 heterocycles. The lowest BCUT2D eigenvalue weighted by Crippen LogP contribution is -2.03. The molecule has 0 amide bonds. The monoisotopic (exact) mass is 298 g/mol. The van der Waals surface area contributed by atoms with Gasteiger partial charge in [-0.25, -0.2) is 0 Å². The van der Waals surface area contributed by atoms with Crippen LogP contribution in [0.25, 0.3) is 0 Å². The Balaban J connectivity index is 3.79. The maximum absolute atomic E-state index is 8.83. The summed E-state index contributed by atoms with van der Waals surface area (Å²) in [7, 11) is 0. The first kappa shape index (κ1) is 21.0. The molecule has 1 unspecified atom stereocenters. The van der Waals surface area contributed by atoms with Gasteiger partial charge in [0, 0.05) is 6.61 Å². The van der Waals surface area contributed by atoms with E-state index in [1.165, 1.54) is 70.6 Å². The first-order valence-corrected chi connectivity index (χ1v) is 9.67. The van der Waals surface area contributed by atoms with Crippen LogP contribution in [0.1, 0.15) is 105 Å². The second-order valence-electron chi connectivity index (χ2n) is 7.80. The van der Waals surface area contributed by atoms with Gasteiger partial charge >= 0.3 is 0 Å². The van der Waals surface area contributed by atoms with Crippen LogP contribution in [0, 0.1) is 17.8 Å². The summed E-state index contributed by atoms with van der Waals surface area (Å²) in [4.78, 5) is 0. The van der Waals surface area contributed by atoms with Crippen LogP contribution in [-0.4, -0.2) is 11.7 Å². The summed E-state index contributed by atoms with van der Waals surface area (Å²) in [5, 5.41) is 8.83. The minimum absolute atomic E-state index is 0.368. The van der Waals surface area contributed by atoms with Crippen molar-refractivity contribution in [1.29, 1.82) is 0 Å². The standard InChI is InChI=1S/C20H42O/c1-18(2)12-8-9-15-20(16-11-13-19(3)4)14-7-5-6-10-17-21/h18-21H,5-17H2,1-4H3. The Labute approximate surface area is 134 Å². The molecule has 0 aromatic rings. The lowest BCUT2D eigenvalue weighted by Gasteiger charge is -2.18. The fraction of sp³-hybridized carbons (Fsp3) is 1.00. The minimum atomic E-state index is 0.368. The summed E-state index contributed by atoms with van der Waals surface area (Å²) in [6, 6.07) is 0. The largest absolute Gasteiger partial charge is 0.396 e. The van der Waals surface area contributed by atoms with Crippen LogP contribution >= 0.6 is 0 Å². The maximum atomic E-state index is 8.83. The van der Waals surface area contributed by atoms with Crippen molar-refractivity contribution in [2.45, 2.75) is 105 Å². The first-order valence-electron chi connectivity index (χ1n) is 9.67. The molecule has 0 aromatic carbocycles. The fourth-order valence-electron chi connectivity index (χ4n) is 3.13. The number of aliphatic hydroxyl groups excluding tert-OH is 1. The van der Waals surface area contributed by atoms with Crippen LogP contribution < -0.4 is 0 Å². The molecule has 0 fully saturated rings. The summed E-state index contributed by atoms with van der Waals surface area (Å²) >= 11 is 0. The summed E-state index contributed by atoms with van der Waals surface area (Å²) in [5.74, 6) is 2.68. The quantitative estimate of drug-likeness (QED) is 0.338. The summed E-state index contributed by atoms with van der Waals surface area (Å²) in [6.07, 6.45) is 16.3. The number of aliphatic hydroxyl groups is 1. The van der Waals surface area contributed by atoms with E-state index >= 15 is 0 Å². The molecule has 0 saturated carbocycles. The zero-order valence-electron chi connectivity index (χ0n) is 15.4. The van der Waals surface area contributed by atoms with E-state index in [0.29, 0.717) is 6.61 Å². The molecule has 0 rings (SSSR count). The second-order valence-corrected chi connectivity index (χ2v) is 7.80. The van der Waals surface area contributed by atoms with Crippen LogP contribution in [0.15, 0.2) is 0 Å². The second kappa shape index (κ2) is 14.9. The van der Waals surface area contributed by atoms with Crippen molar-refractivity contribution in [2.24, 2.45) is 17.8 Å². The summed E-state index contributed by atoms with van der Waals surface area (Å²) in [5.41, 5.74) is 0. The molecule has 0 aromatic heterocycles. The number of unbranched alkanes of at least 4 members (excludes halogenated alkanes) is 4. The lowest BCUT2D eigenvalue weighted by molar-refractivity contribution is 0.280. The molecule has 0 radical (unpaired) electrons. The molecule has 1 atom stereocenters. The van der Waals surface area contributed by atoms with Gasteiger partial charge in [-0.2, -0.15) is 0 Å². The van der Waals surface area contributed by atoms with Gasteiger partial charge in [0.05, 0.1) is 0 Å². The van der Waals surface area contributed by atoms with Crippen molar-refractivity contribution in [3.63, 3.8) is 0 Å². The van der Waals surface area contributed by atoms with E-state index in [0.717, 1.165) is 24.2 Å². The molecule has 0 saturated heterocycles. The highest BCUT2D eigenvalue weighted by Gasteiger charge is 2.09. The van der Waals surface area contributed by atoms with E-state index in [1.807, 2.05) is 0 Å². The van der Waals surface area contributed by atoms with Gasteiger partial charge in [0.25, 0.3) is 0 Å². The zero-order chi connectivity index (χ0) is 15.9. The van der Waals surface area contributed by atoms with Crippen molar-refractivity contribution >= 4 is 0 Å². The van der Waals surface area contributed by atoms with Crippen LogP contribution in [0.3, 0.4) is 0 Å². The van der Waals surface area contributed by atoms with Crippen LogP contribution in [0.4, 0.5) is 0 Å². The minimum Gasteiger partial charge on any atom is -0.396 e. The third kappa shape index (κ3) is 16.2. The molecule has 1 nitrogen and oxygen atoms in total. The van der Waals surface area contributed by atoms with Crippen molar-refractivity contribution in [1.82, 2.24) is 0 Å². The van der Waals surface area contributed by atoms with Crippen molar-refractivity contribution in [3.05, 3.63) is 0 Å². The fourth-order valence-corrected chi connectivity index (χ4v) is 3.13. The lowest BCUT2D eigenvalue weighted by atomic mass is 9.88. The van der Waals surface area contributed by atoms with Crippen molar-refractivity contribution in [2.75, 3.05) is 6.61 Å². The van der Waals surface area contributed by atoms with Crippen LogP contribution in [-0.2, 0) is 0 Å². The average molecular weight is 299 g/mol. The SMILES string of the molecule is CC(C)CCCCC(CCCCCCO)CCCC(C)C. The number of rotatable bonds is 15. The molecule has 1 heteroatoms. The molecule has 21 heavy (non-hydrogen) atoms. The average Bonchev–Trinajstić information content (AvgIpc) is 2.41. The molecular formula is C20H42O. The van der Waals surface area contributed by atoms with Gasteiger partial charge in [-0.05, 0) is 24.2 Å². The van der Waals surface area contributed by atoms with Gasteiger partial charge < -0.3 is 5.11 Å². The van der Waals surface area contributed by atoms with E-state index in [2.05, 4.69) is 27.7 Å². The number of hydrogen-bond acceptors (Lipinski definition) is 1. The topological polar surface area (TPSA) is 20.2 Å². The van der Waals surface area contributed by atoms with Gasteiger partial charge in [0.15, 0.2) is 0 Å². The van der Waals surface area contributed by atoms with Gasteiger partial charge in [-0.15, -0.1) is 0 Å². The van der Waals surface area contributed by atoms with E-state index in [1.54, 1.807) is 0 Å². The van der Waals surface area contributed by atoms with Crippen molar-refractivity contribution in [3.8, 4) is 0 Å². The Bertz CT molecular complexity index is 198. The Morgan fingerprint density at radius 2 is 0.952 bits per heavy atom. The van der Waals surface area contributed by atoms with Crippen LogP contribution in [0.2, 0.25) is 0 Å². The molecule has 128 valence electrons. The summed E-state index contributed by atoms with van der Waals surface area (Å²) < 4.78 is 0. The van der Waals surface area contributed by atoms with Gasteiger partial charge in [-0.1, -0.05) is 98.3 Å². The molecule has 0 aliphatic heterocycles.